The maximum absolute atomic E-state index is 3.77. The van der Waals surface area contributed by atoms with Crippen LogP contribution in [0.4, 0.5) is 0 Å². The minimum atomic E-state index is 0.129. The molecule has 1 N–H and O–H groups in total. The Hall–Kier alpha value is -0.380. The van der Waals surface area contributed by atoms with Gasteiger partial charge in [-0.15, -0.1) is 11.3 Å². The van der Waals surface area contributed by atoms with Crippen molar-refractivity contribution in [2.24, 2.45) is 0 Å². The molecule has 19 heavy (non-hydrogen) atoms. The zero-order chi connectivity index (χ0) is 14.5. The molecule has 0 fully saturated rings. The van der Waals surface area contributed by atoms with Gasteiger partial charge in [0.15, 0.2) is 0 Å². The number of hydrogen-bond donors (Lipinski definition) is 1. The lowest BCUT2D eigenvalue weighted by atomic mass is 9.86. The van der Waals surface area contributed by atoms with Gasteiger partial charge in [-0.05, 0) is 63.8 Å². The van der Waals surface area contributed by atoms with Crippen LogP contribution in [0.1, 0.15) is 57.5 Å². The highest BCUT2D eigenvalue weighted by Gasteiger charge is 2.35. The van der Waals surface area contributed by atoms with Crippen LogP contribution in [-0.4, -0.2) is 30.1 Å². The molecule has 1 unspecified atom stereocenters. The van der Waals surface area contributed by atoms with Crippen molar-refractivity contribution in [1.29, 1.82) is 0 Å². The van der Waals surface area contributed by atoms with Gasteiger partial charge in [0.05, 0.1) is 6.04 Å². The second-order valence-electron chi connectivity index (χ2n) is 5.65. The van der Waals surface area contributed by atoms with Crippen LogP contribution < -0.4 is 5.32 Å². The molecule has 0 aliphatic rings. The summed E-state index contributed by atoms with van der Waals surface area (Å²) in [5.74, 6) is 0. The lowest BCUT2D eigenvalue weighted by Gasteiger charge is -2.44. The van der Waals surface area contributed by atoms with Gasteiger partial charge in [0.25, 0.3) is 0 Å². The third-order valence-electron chi connectivity index (χ3n) is 4.09. The largest absolute Gasteiger partial charge is 0.308 e. The summed E-state index contributed by atoms with van der Waals surface area (Å²) in [5.41, 5.74) is 1.60. The maximum atomic E-state index is 3.77. The zero-order valence-corrected chi connectivity index (χ0v) is 14.2. The van der Waals surface area contributed by atoms with Crippen molar-refractivity contribution in [2.45, 2.75) is 59.5 Å². The van der Waals surface area contributed by atoms with E-state index in [1.54, 1.807) is 0 Å². The summed E-state index contributed by atoms with van der Waals surface area (Å²) in [4.78, 5) is 3.99. The van der Waals surface area contributed by atoms with Gasteiger partial charge < -0.3 is 5.32 Å². The minimum Gasteiger partial charge on any atom is -0.308 e. The first-order valence-corrected chi connectivity index (χ1v) is 8.39. The molecule has 1 heterocycles. The molecule has 2 nitrogen and oxygen atoms in total. The van der Waals surface area contributed by atoms with Crippen LogP contribution in [-0.2, 0) is 0 Å². The lowest BCUT2D eigenvalue weighted by Crippen LogP contribution is -2.52. The Kier molecular flexibility index (Phi) is 6.51. The molecule has 0 saturated carbocycles. The van der Waals surface area contributed by atoms with E-state index in [9.17, 15) is 0 Å². The van der Waals surface area contributed by atoms with E-state index in [1.165, 1.54) is 16.9 Å². The van der Waals surface area contributed by atoms with E-state index in [0.29, 0.717) is 6.04 Å². The van der Waals surface area contributed by atoms with Crippen molar-refractivity contribution in [3.63, 3.8) is 0 Å². The number of nitrogens with zero attached hydrogens (tertiary/aromatic N) is 1. The normalized spacial score (nSPS) is 14.1. The van der Waals surface area contributed by atoms with Crippen LogP contribution in [0.5, 0.6) is 0 Å². The molecular weight excluding hydrogens is 252 g/mol. The highest BCUT2D eigenvalue weighted by atomic mass is 32.1. The smallest absolute Gasteiger partial charge is 0.0512 e. The first-order valence-electron chi connectivity index (χ1n) is 7.51. The molecular formula is C16H30N2S. The Bertz CT molecular complexity index is 367. The third kappa shape index (κ3) is 3.80. The Balaban J connectivity index is 3.05. The highest BCUT2D eigenvalue weighted by molar-refractivity contribution is 7.10. The minimum absolute atomic E-state index is 0.129. The van der Waals surface area contributed by atoms with Gasteiger partial charge in [-0.1, -0.05) is 20.8 Å². The lowest BCUT2D eigenvalue weighted by molar-refractivity contribution is 0.0911. The van der Waals surface area contributed by atoms with Crippen LogP contribution in [0, 0.1) is 6.92 Å². The van der Waals surface area contributed by atoms with Gasteiger partial charge in [-0.3, -0.25) is 4.90 Å². The Morgan fingerprint density at radius 2 is 1.89 bits per heavy atom. The van der Waals surface area contributed by atoms with E-state index in [1.807, 2.05) is 11.3 Å². The molecule has 1 aromatic heterocycles. The van der Waals surface area contributed by atoms with Crippen LogP contribution in [0.15, 0.2) is 11.4 Å². The summed E-state index contributed by atoms with van der Waals surface area (Å²) >= 11 is 1.85. The average molecular weight is 282 g/mol. The summed E-state index contributed by atoms with van der Waals surface area (Å²) in [5, 5.41) is 5.98. The van der Waals surface area contributed by atoms with Crippen molar-refractivity contribution in [1.82, 2.24) is 10.2 Å². The summed E-state index contributed by atoms with van der Waals surface area (Å²) in [7, 11) is 0. The SMILES string of the molecule is CCCNC(c1ccsc1C)C(C)(C)N(CC)CC. The zero-order valence-electron chi connectivity index (χ0n) is 13.4. The number of aryl methyl sites for hydroxylation is 1. The van der Waals surface area contributed by atoms with E-state index < -0.39 is 0 Å². The molecule has 0 aliphatic carbocycles. The summed E-state index contributed by atoms with van der Waals surface area (Å²) in [6.07, 6.45) is 1.17. The van der Waals surface area contributed by atoms with Crippen molar-refractivity contribution < 1.29 is 0 Å². The molecule has 1 aromatic rings. The second kappa shape index (κ2) is 7.41. The molecule has 0 bridgehead atoms. The predicted octanol–water partition coefficient (Wildman–Crippen LogP) is 4.22. The van der Waals surface area contributed by atoms with Crippen molar-refractivity contribution in [2.75, 3.05) is 19.6 Å². The molecule has 110 valence electrons. The Morgan fingerprint density at radius 1 is 1.26 bits per heavy atom. The van der Waals surface area contributed by atoms with Gasteiger partial charge in [0.2, 0.25) is 0 Å². The molecule has 0 aliphatic heterocycles. The van der Waals surface area contributed by atoms with Crippen molar-refractivity contribution >= 4 is 11.3 Å². The fourth-order valence-corrected chi connectivity index (χ4v) is 3.69. The Morgan fingerprint density at radius 3 is 2.32 bits per heavy atom. The second-order valence-corrected chi connectivity index (χ2v) is 6.77. The molecule has 3 heteroatoms. The summed E-state index contributed by atoms with van der Waals surface area (Å²) < 4.78 is 0. The fraction of sp³-hybridized carbons (Fsp3) is 0.750. The molecule has 1 rings (SSSR count). The number of nitrogens with one attached hydrogen (secondary N) is 1. The first kappa shape index (κ1) is 16.7. The molecule has 0 amide bonds. The van der Waals surface area contributed by atoms with Gasteiger partial charge in [-0.2, -0.15) is 0 Å². The van der Waals surface area contributed by atoms with Gasteiger partial charge in [0, 0.05) is 10.4 Å². The van der Waals surface area contributed by atoms with Crippen molar-refractivity contribution in [3.8, 4) is 0 Å². The summed E-state index contributed by atoms with van der Waals surface area (Å²) in [6, 6.07) is 2.69. The third-order valence-corrected chi connectivity index (χ3v) is 4.95. The quantitative estimate of drug-likeness (QED) is 0.768. The topological polar surface area (TPSA) is 15.3 Å². The highest BCUT2D eigenvalue weighted by Crippen LogP contribution is 2.34. The number of rotatable bonds is 8. The van der Waals surface area contributed by atoms with E-state index in [2.05, 4.69) is 63.2 Å². The van der Waals surface area contributed by atoms with Gasteiger partial charge in [0.1, 0.15) is 0 Å². The van der Waals surface area contributed by atoms with Crippen LogP contribution >= 0.6 is 11.3 Å². The van der Waals surface area contributed by atoms with Crippen LogP contribution in [0.3, 0.4) is 0 Å². The van der Waals surface area contributed by atoms with Crippen LogP contribution in [0.25, 0.3) is 0 Å². The fourth-order valence-electron chi connectivity index (χ4n) is 2.94. The molecule has 0 aromatic carbocycles. The average Bonchev–Trinajstić information content (AvgIpc) is 2.77. The maximum Gasteiger partial charge on any atom is 0.0512 e. The molecule has 0 radical (unpaired) electrons. The standard InChI is InChI=1S/C16H30N2S/c1-7-11-17-15(14-10-12-19-13(14)4)16(5,6)18(8-2)9-3/h10,12,15,17H,7-9,11H2,1-6H3. The summed E-state index contributed by atoms with van der Waals surface area (Å²) in [6.45, 7) is 17.0. The predicted molar refractivity (Wildman–Crippen MR) is 87.1 cm³/mol. The Labute approximate surface area is 123 Å². The molecule has 0 spiro atoms. The molecule has 1 atom stereocenters. The van der Waals surface area contributed by atoms with E-state index >= 15 is 0 Å². The molecule has 0 saturated heterocycles. The number of hydrogen-bond acceptors (Lipinski definition) is 3. The first-order chi connectivity index (χ1) is 8.98. The number of thiophene rings is 1. The van der Waals surface area contributed by atoms with Gasteiger partial charge in [-0.25, -0.2) is 0 Å². The van der Waals surface area contributed by atoms with E-state index in [0.717, 1.165) is 19.6 Å². The van der Waals surface area contributed by atoms with Crippen LogP contribution in [0.2, 0.25) is 0 Å². The monoisotopic (exact) mass is 282 g/mol. The van der Waals surface area contributed by atoms with Gasteiger partial charge >= 0.3 is 0 Å². The van der Waals surface area contributed by atoms with E-state index in [4.69, 9.17) is 0 Å². The van der Waals surface area contributed by atoms with Crippen molar-refractivity contribution in [3.05, 3.63) is 21.9 Å². The van der Waals surface area contributed by atoms with E-state index in [-0.39, 0.29) is 5.54 Å². The number of likely N-dealkylation sites (N-methyl/N-ethyl adjacent to an activating group) is 1.